The van der Waals surface area contributed by atoms with E-state index in [9.17, 15) is 0 Å². The van der Waals surface area contributed by atoms with Crippen LogP contribution in [-0.2, 0) is 6.54 Å². The Balaban J connectivity index is 1.60. The van der Waals surface area contributed by atoms with E-state index >= 15 is 0 Å². The van der Waals surface area contributed by atoms with E-state index < -0.39 is 0 Å². The SMILES string of the molecule is NCCCCCCCCN(C/C=C\c1ccccc1)Cc1cccc2ccccc12. The zero-order valence-corrected chi connectivity index (χ0v) is 18.2. The summed E-state index contributed by atoms with van der Waals surface area (Å²) in [6.07, 6.45) is 12.2. The average molecular weight is 401 g/mol. The Bertz CT molecular complexity index is 880. The van der Waals surface area contributed by atoms with Crippen molar-refractivity contribution in [3.63, 3.8) is 0 Å². The van der Waals surface area contributed by atoms with Crippen molar-refractivity contribution in [2.75, 3.05) is 19.6 Å². The highest BCUT2D eigenvalue weighted by molar-refractivity contribution is 5.85. The molecule has 0 saturated carbocycles. The van der Waals surface area contributed by atoms with Crippen molar-refractivity contribution < 1.29 is 0 Å². The van der Waals surface area contributed by atoms with Gasteiger partial charge >= 0.3 is 0 Å². The molecule has 0 aliphatic rings. The van der Waals surface area contributed by atoms with Crippen LogP contribution in [0.5, 0.6) is 0 Å². The van der Waals surface area contributed by atoms with E-state index in [4.69, 9.17) is 5.73 Å². The fourth-order valence-corrected chi connectivity index (χ4v) is 4.00. The van der Waals surface area contributed by atoms with Crippen LogP contribution in [0.2, 0.25) is 0 Å². The predicted octanol–water partition coefficient (Wildman–Crippen LogP) is 6.65. The summed E-state index contributed by atoms with van der Waals surface area (Å²) < 4.78 is 0. The maximum Gasteiger partial charge on any atom is 0.0243 e. The molecule has 0 aromatic heterocycles. The topological polar surface area (TPSA) is 29.3 Å². The third-order valence-electron chi connectivity index (χ3n) is 5.68. The monoisotopic (exact) mass is 400 g/mol. The summed E-state index contributed by atoms with van der Waals surface area (Å²) in [5.41, 5.74) is 8.28. The van der Waals surface area contributed by atoms with Crippen molar-refractivity contribution in [1.29, 1.82) is 0 Å². The average Bonchev–Trinajstić information content (AvgIpc) is 2.79. The number of unbranched alkanes of at least 4 members (excludes halogenated alkanes) is 5. The summed E-state index contributed by atoms with van der Waals surface area (Å²) in [4.78, 5) is 2.58. The van der Waals surface area contributed by atoms with E-state index in [1.54, 1.807) is 0 Å². The van der Waals surface area contributed by atoms with Gasteiger partial charge in [0.05, 0.1) is 0 Å². The molecule has 0 bridgehead atoms. The molecular weight excluding hydrogens is 364 g/mol. The van der Waals surface area contributed by atoms with Crippen LogP contribution in [0.4, 0.5) is 0 Å². The summed E-state index contributed by atoms with van der Waals surface area (Å²) in [5, 5.41) is 2.70. The fraction of sp³-hybridized carbons (Fsp3) is 0.357. The highest BCUT2D eigenvalue weighted by Crippen LogP contribution is 2.20. The molecule has 0 radical (unpaired) electrons. The van der Waals surface area contributed by atoms with E-state index in [0.29, 0.717) is 0 Å². The lowest BCUT2D eigenvalue weighted by Crippen LogP contribution is -2.24. The standard InChI is InChI=1S/C28H36N2/c29-21-10-3-1-2-4-11-22-30(23-13-16-25-14-6-5-7-15-25)24-27-19-12-18-26-17-8-9-20-28(26)27/h5-9,12-20H,1-4,10-11,21-24,29H2/b16-13-. The van der Waals surface area contributed by atoms with Gasteiger partial charge in [-0.15, -0.1) is 0 Å². The Hall–Kier alpha value is -2.42. The predicted molar refractivity (Wildman–Crippen MR) is 131 cm³/mol. The van der Waals surface area contributed by atoms with Crippen molar-refractivity contribution in [3.8, 4) is 0 Å². The number of nitrogens with zero attached hydrogens (tertiary/aromatic N) is 1. The van der Waals surface area contributed by atoms with Crippen LogP contribution in [0.3, 0.4) is 0 Å². The molecule has 0 unspecified atom stereocenters. The van der Waals surface area contributed by atoms with Crippen LogP contribution < -0.4 is 5.73 Å². The second kappa shape index (κ2) is 13.0. The first-order valence-electron chi connectivity index (χ1n) is 11.5. The molecule has 2 N–H and O–H groups in total. The van der Waals surface area contributed by atoms with Gasteiger partial charge in [-0.3, -0.25) is 4.90 Å². The van der Waals surface area contributed by atoms with Gasteiger partial charge in [0.1, 0.15) is 0 Å². The Morgan fingerprint density at radius 3 is 2.23 bits per heavy atom. The minimum absolute atomic E-state index is 0.826. The van der Waals surface area contributed by atoms with Gasteiger partial charge in [-0.25, -0.2) is 0 Å². The van der Waals surface area contributed by atoms with Crippen LogP contribution >= 0.6 is 0 Å². The zero-order valence-electron chi connectivity index (χ0n) is 18.2. The first-order valence-corrected chi connectivity index (χ1v) is 11.5. The largest absolute Gasteiger partial charge is 0.330 e. The minimum atomic E-state index is 0.826. The number of rotatable bonds is 13. The maximum atomic E-state index is 5.60. The third-order valence-corrected chi connectivity index (χ3v) is 5.68. The lowest BCUT2D eigenvalue weighted by atomic mass is 10.0. The summed E-state index contributed by atoms with van der Waals surface area (Å²) in [6.45, 7) is 3.94. The van der Waals surface area contributed by atoms with Gasteiger partial charge in [-0.2, -0.15) is 0 Å². The Labute approximate surface area is 182 Å². The van der Waals surface area contributed by atoms with E-state index in [-0.39, 0.29) is 0 Å². The van der Waals surface area contributed by atoms with E-state index in [1.807, 2.05) is 0 Å². The molecule has 3 rings (SSSR count). The molecule has 3 aromatic carbocycles. The van der Waals surface area contributed by atoms with Crippen LogP contribution in [0.1, 0.15) is 49.7 Å². The summed E-state index contributed by atoms with van der Waals surface area (Å²) >= 11 is 0. The molecule has 0 aliphatic heterocycles. The molecule has 158 valence electrons. The summed E-state index contributed by atoms with van der Waals surface area (Å²) in [6, 6.07) is 26.0. The molecule has 0 amide bonds. The summed E-state index contributed by atoms with van der Waals surface area (Å²) in [7, 11) is 0. The Kier molecular flexibility index (Phi) is 9.65. The normalized spacial score (nSPS) is 11.7. The molecule has 0 fully saturated rings. The molecule has 0 spiro atoms. The van der Waals surface area contributed by atoms with Crippen molar-refractivity contribution >= 4 is 16.8 Å². The second-order valence-corrected chi connectivity index (χ2v) is 8.10. The van der Waals surface area contributed by atoms with Gasteiger partial charge < -0.3 is 5.73 Å². The van der Waals surface area contributed by atoms with E-state index in [1.165, 1.54) is 54.0 Å². The van der Waals surface area contributed by atoms with Gasteiger partial charge in [0.15, 0.2) is 0 Å². The number of benzene rings is 3. The van der Waals surface area contributed by atoms with Crippen molar-refractivity contribution in [2.24, 2.45) is 5.73 Å². The van der Waals surface area contributed by atoms with E-state index in [0.717, 1.165) is 32.6 Å². The molecular formula is C28H36N2. The van der Waals surface area contributed by atoms with Crippen molar-refractivity contribution in [3.05, 3.63) is 90.0 Å². The molecule has 0 heterocycles. The molecule has 0 aliphatic carbocycles. The van der Waals surface area contributed by atoms with Crippen LogP contribution in [0.25, 0.3) is 16.8 Å². The first kappa shape index (κ1) is 22.3. The van der Waals surface area contributed by atoms with Gasteiger partial charge in [0.2, 0.25) is 0 Å². The fourth-order valence-electron chi connectivity index (χ4n) is 4.00. The number of hydrogen-bond acceptors (Lipinski definition) is 2. The first-order chi connectivity index (χ1) is 14.9. The smallest absolute Gasteiger partial charge is 0.0243 e. The lowest BCUT2D eigenvalue weighted by molar-refractivity contribution is 0.287. The van der Waals surface area contributed by atoms with Crippen LogP contribution in [0.15, 0.2) is 78.9 Å². The van der Waals surface area contributed by atoms with Gasteiger partial charge in [-0.05, 0) is 47.8 Å². The summed E-state index contributed by atoms with van der Waals surface area (Å²) in [5.74, 6) is 0. The van der Waals surface area contributed by atoms with Crippen molar-refractivity contribution in [1.82, 2.24) is 4.90 Å². The highest BCUT2D eigenvalue weighted by Gasteiger charge is 2.07. The van der Waals surface area contributed by atoms with Crippen LogP contribution in [0, 0.1) is 0 Å². The lowest BCUT2D eigenvalue weighted by Gasteiger charge is -2.22. The Morgan fingerprint density at radius 2 is 1.40 bits per heavy atom. The highest BCUT2D eigenvalue weighted by atomic mass is 15.1. The second-order valence-electron chi connectivity index (χ2n) is 8.10. The molecule has 0 atom stereocenters. The number of nitrogens with two attached hydrogens (primary N) is 1. The van der Waals surface area contributed by atoms with Crippen LogP contribution in [-0.4, -0.2) is 24.5 Å². The molecule has 2 nitrogen and oxygen atoms in total. The number of hydrogen-bond donors (Lipinski definition) is 1. The molecule has 3 aromatic rings. The zero-order chi connectivity index (χ0) is 20.9. The maximum absolute atomic E-state index is 5.60. The van der Waals surface area contributed by atoms with Gasteiger partial charge in [0.25, 0.3) is 0 Å². The molecule has 30 heavy (non-hydrogen) atoms. The van der Waals surface area contributed by atoms with Gasteiger partial charge in [0, 0.05) is 13.1 Å². The quantitative estimate of drug-likeness (QED) is 0.325. The van der Waals surface area contributed by atoms with E-state index in [2.05, 4.69) is 89.8 Å². The number of fused-ring (bicyclic) bond motifs is 1. The molecule has 2 heteroatoms. The van der Waals surface area contributed by atoms with Crippen molar-refractivity contribution in [2.45, 2.75) is 45.1 Å². The molecule has 0 saturated heterocycles. The minimum Gasteiger partial charge on any atom is -0.330 e. The third kappa shape index (κ3) is 7.44. The Morgan fingerprint density at radius 1 is 0.700 bits per heavy atom. The van der Waals surface area contributed by atoms with Gasteiger partial charge in [-0.1, -0.05) is 111 Å².